The molecule has 0 aromatic heterocycles. The molecule has 138 valence electrons. The fraction of sp³-hybridized carbons (Fsp3) is 0.0952. The second kappa shape index (κ2) is 9.00. The van der Waals surface area contributed by atoms with Crippen molar-refractivity contribution in [2.75, 3.05) is 0 Å². The fourth-order valence-corrected chi connectivity index (χ4v) is 4.06. The van der Waals surface area contributed by atoms with E-state index in [1.165, 1.54) is 12.1 Å². The molecule has 0 bridgehead atoms. The Hall–Kier alpha value is -1.69. The van der Waals surface area contributed by atoms with Crippen molar-refractivity contribution in [2.24, 2.45) is 4.99 Å². The Labute approximate surface area is 179 Å². The van der Waals surface area contributed by atoms with Crippen molar-refractivity contribution >= 4 is 55.4 Å². The zero-order valence-electron chi connectivity index (χ0n) is 14.3. The Morgan fingerprint density at radius 1 is 1.07 bits per heavy atom. The molecule has 0 N–H and O–H groups in total. The first kappa shape index (κ1) is 20.1. The van der Waals surface area contributed by atoms with Gasteiger partial charge < -0.3 is 4.74 Å². The predicted octanol–water partition coefficient (Wildman–Crippen LogP) is 7.64. The normalized spacial score (nSPS) is 11.1. The number of ether oxygens (including phenoxy) is 1. The van der Waals surface area contributed by atoms with E-state index in [0.717, 1.165) is 31.3 Å². The van der Waals surface area contributed by atoms with Gasteiger partial charge in [0.25, 0.3) is 0 Å². The van der Waals surface area contributed by atoms with Gasteiger partial charge >= 0.3 is 0 Å². The minimum atomic E-state index is -0.280. The van der Waals surface area contributed by atoms with Crippen molar-refractivity contribution in [3.05, 3.63) is 91.1 Å². The second-order valence-electron chi connectivity index (χ2n) is 5.92. The van der Waals surface area contributed by atoms with E-state index in [9.17, 15) is 4.39 Å². The fourth-order valence-electron chi connectivity index (χ4n) is 2.44. The molecule has 0 atom stereocenters. The van der Waals surface area contributed by atoms with Gasteiger partial charge in [0.15, 0.2) is 0 Å². The average Bonchev–Trinajstić information content (AvgIpc) is 2.62. The Balaban J connectivity index is 1.78. The molecule has 0 fully saturated rings. The van der Waals surface area contributed by atoms with Crippen molar-refractivity contribution in [2.45, 2.75) is 13.5 Å². The quantitative estimate of drug-likeness (QED) is 0.323. The Morgan fingerprint density at radius 2 is 1.81 bits per heavy atom. The van der Waals surface area contributed by atoms with E-state index in [-0.39, 0.29) is 12.4 Å². The lowest BCUT2D eigenvalue weighted by molar-refractivity contribution is 0.301. The first-order valence-electron chi connectivity index (χ1n) is 8.09. The summed E-state index contributed by atoms with van der Waals surface area (Å²) >= 11 is 13.1. The molecule has 3 aromatic rings. The molecule has 0 amide bonds. The Bertz CT molecular complexity index is 984. The van der Waals surface area contributed by atoms with Gasteiger partial charge in [-0.3, -0.25) is 4.99 Å². The molecule has 0 radical (unpaired) electrons. The van der Waals surface area contributed by atoms with E-state index in [4.69, 9.17) is 16.3 Å². The summed E-state index contributed by atoms with van der Waals surface area (Å²) in [6.07, 6.45) is 1.77. The van der Waals surface area contributed by atoms with Crippen LogP contribution < -0.4 is 4.74 Å². The summed E-state index contributed by atoms with van der Waals surface area (Å²) in [7, 11) is 0. The lowest BCUT2D eigenvalue weighted by Crippen LogP contribution is -1.98. The van der Waals surface area contributed by atoms with Crippen LogP contribution in [0, 0.1) is 12.7 Å². The van der Waals surface area contributed by atoms with Crippen molar-refractivity contribution < 1.29 is 9.13 Å². The molecule has 3 rings (SSSR count). The number of hydrogen-bond acceptors (Lipinski definition) is 2. The SMILES string of the molecule is Cc1ccc(Cl)cc1N=Cc1cc(Br)c(OCc2cccc(F)c2)c(Br)c1. The van der Waals surface area contributed by atoms with E-state index in [2.05, 4.69) is 36.9 Å². The minimum Gasteiger partial charge on any atom is -0.487 e. The highest BCUT2D eigenvalue weighted by atomic mass is 79.9. The van der Waals surface area contributed by atoms with E-state index >= 15 is 0 Å². The van der Waals surface area contributed by atoms with Crippen LogP contribution in [0.4, 0.5) is 10.1 Å². The van der Waals surface area contributed by atoms with E-state index in [0.29, 0.717) is 10.8 Å². The number of rotatable bonds is 5. The molecular formula is C21H15Br2ClFNO. The summed E-state index contributed by atoms with van der Waals surface area (Å²) in [5, 5.41) is 0.649. The third-order valence-electron chi connectivity index (χ3n) is 3.82. The summed E-state index contributed by atoms with van der Waals surface area (Å²) in [4.78, 5) is 4.52. The van der Waals surface area contributed by atoms with Gasteiger partial charge in [0.1, 0.15) is 18.2 Å². The van der Waals surface area contributed by atoms with Crippen LogP contribution in [0.2, 0.25) is 5.02 Å². The largest absolute Gasteiger partial charge is 0.487 e. The van der Waals surface area contributed by atoms with Crippen LogP contribution in [0.15, 0.2) is 68.5 Å². The zero-order chi connectivity index (χ0) is 19.4. The number of halogens is 4. The molecule has 0 spiro atoms. The highest BCUT2D eigenvalue weighted by Crippen LogP contribution is 2.35. The van der Waals surface area contributed by atoms with Gasteiger partial charge in [0.05, 0.1) is 14.6 Å². The topological polar surface area (TPSA) is 21.6 Å². The lowest BCUT2D eigenvalue weighted by Gasteiger charge is -2.11. The van der Waals surface area contributed by atoms with Gasteiger partial charge in [-0.25, -0.2) is 4.39 Å². The standard InChI is InChI=1S/C21H15Br2ClFNO/c1-13-5-6-16(24)10-20(13)26-11-15-8-18(22)21(19(23)9-15)27-12-14-3-2-4-17(25)7-14/h2-11H,12H2,1H3. The molecule has 0 saturated carbocycles. The molecule has 0 heterocycles. The highest BCUT2D eigenvalue weighted by Gasteiger charge is 2.09. The lowest BCUT2D eigenvalue weighted by atomic mass is 10.2. The molecule has 0 aliphatic rings. The van der Waals surface area contributed by atoms with Gasteiger partial charge in [0, 0.05) is 11.2 Å². The van der Waals surface area contributed by atoms with Crippen molar-refractivity contribution in [3.8, 4) is 5.75 Å². The highest BCUT2D eigenvalue weighted by molar-refractivity contribution is 9.11. The van der Waals surface area contributed by atoms with Crippen LogP contribution in [-0.4, -0.2) is 6.21 Å². The predicted molar refractivity (Wildman–Crippen MR) is 116 cm³/mol. The number of aryl methyl sites for hydroxylation is 1. The molecule has 0 aliphatic heterocycles. The van der Waals surface area contributed by atoms with Gasteiger partial charge in [-0.2, -0.15) is 0 Å². The maximum Gasteiger partial charge on any atom is 0.148 e. The molecule has 0 saturated heterocycles. The van der Waals surface area contributed by atoms with E-state index in [1.54, 1.807) is 12.3 Å². The van der Waals surface area contributed by atoms with Crippen molar-refractivity contribution in [1.29, 1.82) is 0 Å². The molecule has 0 aliphatic carbocycles. The maximum atomic E-state index is 13.3. The first-order valence-corrected chi connectivity index (χ1v) is 10.1. The minimum absolute atomic E-state index is 0.268. The summed E-state index contributed by atoms with van der Waals surface area (Å²) in [5.41, 5.74) is 3.52. The number of benzene rings is 3. The third kappa shape index (κ3) is 5.41. The van der Waals surface area contributed by atoms with Crippen LogP contribution in [0.1, 0.15) is 16.7 Å². The number of aliphatic imine (C=N–C) groups is 1. The summed E-state index contributed by atoms with van der Waals surface area (Å²) in [6, 6.07) is 15.8. The van der Waals surface area contributed by atoms with Crippen LogP contribution in [0.25, 0.3) is 0 Å². The number of hydrogen-bond donors (Lipinski definition) is 0. The summed E-state index contributed by atoms with van der Waals surface area (Å²) < 4.78 is 20.7. The molecule has 27 heavy (non-hydrogen) atoms. The van der Waals surface area contributed by atoms with Crippen LogP contribution in [0.5, 0.6) is 5.75 Å². The second-order valence-corrected chi connectivity index (χ2v) is 8.07. The molecule has 2 nitrogen and oxygen atoms in total. The van der Waals surface area contributed by atoms with Crippen molar-refractivity contribution in [1.82, 2.24) is 0 Å². The average molecular weight is 512 g/mol. The van der Waals surface area contributed by atoms with Crippen LogP contribution in [0.3, 0.4) is 0 Å². The Morgan fingerprint density at radius 3 is 2.52 bits per heavy atom. The zero-order valence-corrected chi connectivity index (χ0v) is 18.3. The van der Waals surface area contributed by atoms with E-state index in [1.807, 2.05) is 43.3 Å². The van der Waals surface area contributed by atoms with Crippen LogP contribution in [-0.2, 0) is 6.61 Å². The van der Waals surface area contributed by atoms with Crippen molar-refractivity contribution in [3.63, 3.8) is 0 Å². The van der Waals surface area contributed by atoms with Gasteiger partial charge in [-0.1, -0.05) is 29.8 Å². The number of nitrogens with zero attached hydrogens (tertiary/aromatic N) is 1. The molecular weight excluding hydrogens is 496 g/mol. The van der Waals surface area contributed by atoms with Gasteiger partial charge in [-0.05, 0) is 91.9 Å². The van der Waals surface area contributed by atoms with Gasteiger partial charge in [-0.15, -0.1) is 0 Å². The summed E-state index contributed by atoms with van der Waals surface area (Å²) in [5.74, 6) is 0.368. The molecule has 6 heteroatoms. The van der Waals surface area contributed by atoms with Gasteiger partial charge in [0.2, 0.25) is 0 Å². The first-order chi connectivity index (χ1) is 12.9. The molecule has 0 unspecified atom stereocenters. The third-order valence-corrected chi connectivity index (χ3v) is 5.23. The monoisotopic (exact) mass is 509 g/mol. The smallest absolute Gasteiger partial charge is 0.148 e. The Kier molecular flexibility index (Phi) is 6.68. The summed E-state index contributed by atoms with van der Waals surface area (Å²) in [6.45, 7) is 2.25. The van der Waals surface area contributed by atoms with Crippen LogP contribution >= 0.6 is 43.5 Å². The van der Waals surface area contributed by atoms with E-state index < -0.39 is 0 Å². The maximum absolute atomic E-state index is 13.3. The molecule has 3 aromatic carbocycles.